The molecule has 2 nitrogen and oxygen atoms in total. The van der Waals surface area contributed by atoms with Crippen molar-refractivity contribution in [3.63, 3.8) is 0 Å². The minimum atomic E-state index is 0.412. The van der Waals surface area contributed by atoms with E-state index in [-0.39, 0.29) is 0 Å². The highest BCUT2D eigenvalue weighted by molar-refractivity contribution is 5.78. The highest BCUT2D eigenvalue weighted by atomic mass is 16.1. The summed E-state index contributed by atoms with van der Waals surface area (Å²) in [5.41, 5.74) is 3.47. The van der Waals surface area contributed by atoms with E-state index in [1.807, 2.05) is 12.1 Å². The van der Waals surface area contributed by atoms with E-state index in [0.717, 1.165) is 24.7 Å². The lowest BCUT2D eigenvalue weighted by Crippen LogP contribution is -2.25. The van der Waals surface area contributed by atoms with Crippen LogP contribution in [0.2, 0.25) is 0 Å². The summed E-state index contributed by atoms with van der Waals surface area (Å²) in [7, 11) is 4.17. The summed E-state index contributed by atoms with van der Waals surface area (Å²) >= 11 is 0. The van der Waals surface area contributed by atoms with Gasteiger partial charge < -0.3 is 4.90 Å². The fraction of sp³-hybridized carbons (Fsp3) is 0.462. The Morgan fingerprint density at radius 1 is 1.40 bits per heavy atom. The number of carbonyl (C=O) groups excluding carboxylic acids is 1. The maximum absolute atomic E-state index is 11.0. The third kappa shape index (κ3) is 1.82. The zero-order valence-electron chi connectivity index (χ0n) is 9.36. The molecule has 0 amide bonds. The molecule has 0 bridgehead atoms. The fourth-order valence-electron chi connectivity index (χ4n) is 2.51. The molecule has 1 aliphatic rings. The summed E-state index contributed by atoms with van der Waals surface area (Å²) in [6.45, 7) is 0. The summed E-state index contributed by atoms with van der Waals surface area (Å²) in [6, 6.07) is 6.47. The highest BCUT2D eigenvalue weighted by Crippen LogP contribution is 2.34. The highest BCUT2D eigenvalue weighted by Gasteiger charge is 2.24. The van der Waals surface area contributed by atoms with Crippen LogP contribution in [0.3, 0.4) is 0 Å². The van der Waals surface area contributed by atoms with Crippen molar-refractivity contribution in [2.24, 2.45) is 0 Å². The molecule has 0 radical (unpaired) electrons. The molecule has 0 aromatic heterocycles. The fourth-order valence-corrected chi connectivity index (χ4v) is 2.51. The molecule has 1 aliphatic carbocycles. The predicted molar refractivity (Wildman–Crippen MR) is 61.2 cm³/mol. The van der Waals surface area contributed by atoms with Gasteiger partial charge in [-0.25, -0.2) is 0 Å². The van der Waals surface area contributed by atoms with Crippen molar-refractivity contribution in [2.75, 3.05) is 14.1 Å². The Morgan fingerprint density at radius 3 is 2.87 bits per heavy atom. The Hall–Kier alpha value is -1.15. The van der Waals surface area contributed by atoms with E-state index in [1.54, 1.807) is 0 Å². The van der Waals surface area contributed by atoms with Crippen molar-refractivity contribution in [2.45, 2.75) is 25.3 Å². The Bertz CT molecular complexity index is 371. The molecule has 0 heterocycles. The first-order chi connectivity index (χ1) is 7.24. The van der Waals surface area contributed by atoms with Crippen LogP contribution in [0.1, 0.15) is 40.4 Å². The first kappa shape index (κ1) is 10.4. The third-order valence-corrected chi connectivity index (χ3v) is 3.24. The lowest BCUT2D eigenvalue weighted by Gasteiger charge is -2.31. The number of aryl methyl sites for hydroxylation is 1. The second-order valence-electron chi connectivity index (χ2n) is 4.41. The molecule has 0 fully saturated rings. The number of hydrogen-bond donors (Lipinski definition) is 0. The van der Waals surface area contributed by atoms with E-state index >= 15 is 0 Å². The van der Waals surface area contributed by atoms with Crippen molar-refractivity contribution in [1.82, 2.24) is 4.90 Å². The minimum absolute atomic E-state index is 0.412. The lowest BCUT2D eigenvalue weighted by atomic mass is 9.84. The topological polar surface area (TPSA) is 20.3 Å². The Labute approximate surface area is 90.9 Å². The van der Waals surface area contributed by atoms with E-state index in [4.69, 9.17) is 0 Å². The van der Waals surface area contributed by atoms with E-state index < -0.39 is 0 Å². The SMILES string of the molecule is CN(C)C1CCCc2cccc(C=O)c21. The van der Waals surface area contributed by atoms with Crippen LogP contribution in [0.15, 0.2) is 18.2 Å². The van der Waals surface area contributed by atoms with Gasteiger partial charge in [-0.3, -0.25) is 4.79 Å². The van der Waals surface area contributed by atoms with Crippen LogP contribution in [-0.2, 0) is 6.42 Å². The molecule has 0 saturated carbocycles. The zero-order valence-corrected chi connectivity index (χ0v) is 9.36. The Morgan fingerprint density at radius 2 is 2.20 bits per heavy atom. The van der Waals surface area contributed by atoms with Crippen LogP contribution in [0, 0.1) is 0 Å². The van der Waals surface area contributed by atoms with Gasteiger partial charge in [-0.2, -0.15) is 0 Å². The van der Waals surface area contributed by atoms with Crippen LogP contribution < -0.4 is 0 Å². The number of rotatable bonds is 2. The molecule has 0 aliphatic heterocycles. The second kappa shape index (κ2) is 4.15. The molecule has 1 atom stereocenters. The molecule has 2 rings (SSSR count). The van der Waals surface area contributed by atoms with Crippen molar-refractivity contribution in [3.05, 3.63) is 34.9 Å². The monoisotopic (exact) mass is 203 g/mol. The molecule has 1 unspecified atom stereocenters. The van der Waals surface area contributed by atoms with E-state index in [2.05, 4.69) is 25.1 Å². The summed E-state index contributed by atoms with van der Waals surface area (Å²) in [5.74, 6) is 0. The smallest absolute Gasteiger partial charge is 0.150 e. The molecule has 1 aromatic rings. The standard InChI is InChI=1S/C13H17NO/c1-14(2)12-8-4-6-10-5-3-7-11(9-15)13(10)12/h3,5,7,9,12H,4,6,8H2,1-2H3. The number of carbonyl (C=O) groups is 1. The van der Waals surface area contributed by atoms with E-state index in [9.17, 15) is 4.79 Å². The Kier molecular flexibility index (Phi) is 2.87. The number of aldehydes is 1. The molecule has 80 valence electrons. The van der Waals surface area contributed by atoms with Gasteiger partial charge in [0.15, 0.2) is 0 Å². The van der Waals surface area contributed by atoms with Gasteiger partial charge in [0.25, 0.3) is 0 Å². The average Bonchev–Trinajstić information content (AvgIpc) is 2.27. The van der Waals surface area contributed by atoms with Crippen molar-refractivity contribution in [3.8, 4) is 0 Å². The van der Waals surface area contributed by atoms with Gasteiger partial charge in [-0.05, 0) is 44.5 Å². The van der Waals surface area contributed by atoms with Crippen LogP contribution >= 0.6 is 0 Å². The van der Waals surface area contributed by atoms with Crippen molar-refractivity contribution < 1.29 is 4.79 Å². The second-order valence-corrected chi connectivity index (χ2v) is 4.41. The normalized spacial score (nSPS) is 20.1. The number of fused-ring (bicyclic) bond motifs is 1. The van der Waals surface area contributed by atoms with Crippen LogP contribution in [0.25, 0.3) is 0 Å². The molecule has 2 heteroatoms. The van der Waals surface area contributed by atoms with Gasteiger partial charge in [0.05, 0.1) is 0 Å². The number of benzene rings is 1. The van der Waals surface area contributed by atoms with Crippen molar-refractivity contribution in [1.29, 1.82) is 0 Å². The Balaban J connectivity index is 2.52. The largest absolute Gasteiger partial charge is 0.302 e. The van der Waals surface area contributed by atoms with E-state index in [1.165, 1.54) is 17.5 Å². The van der Waals surface area contributed by atoms with Gasteiger partial charge in [-0.15, -0.1) is 0 Å². The lowest BCUT2D eigenvalue weighted by molar-refractivity contribution is 0.112. The predicted octanol–water partition coefficient (Wildman–Crippen LogP) is 2.44. The van der Waals surface area contributed by atoms with Crippen LogP contribution in [0.5, 0.6) is 0 Å². The molecule has 0 N–H and O–H groups in total. The van der Waals surface area contributed by atoms with Crippen LogP contribution in [-0.4, -0.2) is 25.3 Å². The van der Waals surface area contributed by atoms with Crippen LogP contribution in [0.4, 0.5) is 0 Å². The van der Waals surface area contributed by atoms with Crippen molar-refractivity contribution >= 4 is 6.29 Å². The summed E-state index contributed by atoms with van der Waals surface area (Å²) < 4.78 is 0. The first-order valence-electron chi connectivity index (χ1n) is 5.47. The molecular formula is C13H17NO. The maximum Gasteiger partial charge on any atom is 0.150 e. The van der Waals surface area contributed by atoms with Gasteiger partial charge in [0, 0.05) is 11.6 Å². The third-order valence-electron chi connectivity index (χ3n) is 3.24. The average molecular weight is 203 g/mol. The van der Waals surface area contributed by atoms with Gasteiger partial charge in [-0.1, -0.05) is 18.2 Å². The molecular weight excluding hydrogens is 186 g/mol. The minimum Gasteiger partial charge on any atom is -0.302 e. The van der Waals surface area contributed by atoms with Gasteiger partial charge >= 0.3 is 0 Å². The number of hydrogen-bond acceptors (Lipinski definition) is 2. The quantitative estimate of drug-likeness (QED) is 0.688. The van der Waals surface area contributed by atoms with E-state index in [0.29, 0.717) is 6.04 Å². The molecule has 0 saturated heterocycles. The van der Waals surface area contributed by atoms with Gasteiger partial charge in [0.2, 0.25) is 0 Å². The molecule has 1 aromatic carbocycles. The molecule has 0 spiro atoms. The maximum atomic E-state index is 11.0. The summed E-state index contributed by atoms with van der Waals surface area (Å²) in [4.78, 5) is 13.2. The van der Waals surface area contributed by atoms with Gasteiger partial charge in [0.1, 0.15) is 6.29 Å². The summed E-state index contributed by atoms with van der Waals surface area (Å²) in [6.07, 6.45) is 4.48. The molecule has 15 heavy (non-hydrogen) atoms. The zero-order chi connectivity index (χ0) is 10.8. The summed E-state index contributed by atoms with van der Waals surface area (Å²) in [5, 5.41) is 0. The first-order valence-corrected chi connectivity index (χ1v) is 5.47. The number of nitrogens with zero attached hydrogens (tertiary/aromatic N) is 1.